The van der Waals surface area contributed by atoms with Crippen molar-refractivity contribution in [2.24, 2.45) is 0 Å². The highest BCUT2D eigenvalue weighted by molar-refractivity contribution is 4.76. The first-order chi connectivity index (χ1) is 4.83. The third kappa shape index (κ3) is 2.27. The third-order valence-electron chi connectivity index (χ3n) is 2.14. The summed E-state index contributed by atoms with van der Waals surface area (Å²) in [6, 6.07) is 0.578. The Bertz CT molecular complexity index is 93.3. The van der Waals surface area contributed by atoms with E-state index >= 15 is 0 Å². The Morgan fingerprint density at radius 1 is 1.50 bits per heavy atom. The van der Waals surface area contributed by atoms with E-state index in [9.17, 15) is 5.11 Å². The molecule has 1 aliphatic rings. The summed E-state index contributed by atoms with van der Waals surface area (Å²) >= 11 is 0. The normalized spacial score (nSPS) is 34.2. The maximum atomic E-state index is 9.27. The average Bonchev–Trinajstić information content (AvgIpc) is 1.88. The highest BCUT2D eigenvalue weighted by Gasteiger charge is 2.18. The molecule has 0 aromatic carbocycles. The Balaban J connectivity index is 2.18. The van der Waals surface area contributed by atoms with Crippen LogP contribution in [-0.4, -0.2) is 23.8 Å². The number of hydrogen-bond acceptors (Lipinski definition) is 2. The van der Waals surface area contributed by atoms with E-state index in [0.717, 1.165) is 19.4 Å². The molecule has 0 aliphatic heterocycles. The van der Waals surface area contributed by atoms with Crippen LogP contribution in [0.25, 0.3) is 0 Å². The Labute approximate surface area is 62.6 Å². The fraction of sp³-hybridized carbons (Fsp3) is 1.00. The summed E-state index contributed by atoms with van der Waals surface area (Å²) < 4.78 is 0. The molecule has 0 unspecified atom stereocenters. The maximum Gasteiger partial charge on any atom is 0.0555 e. The van der Waals surface area contributed by atoms with Crippen molar-refractivity contribution < 1.29 is 5.11 Å². The first-order valence-corrected chi connectivity index (χ1v) is 4.24. The van der Waals surface area contributed by atoms with Gasteiger partial charge in [-0.1, -0.05) is 6.92 Å². The molecule has 2 N–H and O–H groups in total. The molecular weight excluding hydrogens is 126 g/mol. The predicted molar refractivity (Wildman–Crippen MR) is 41.9 cm³/mol. The quantitative estimate of drug-likeness (QED) is 0.602. The number of rotatable bonds is 2. The fourth-order valence-corrected chi connectivity index (χ4v) is 1.64. The summed E-state index contributed by atoms with van der Waals surface area (Å²) in [6.45, 7) is 3.14. The molecular formula is C8H17NO. The van der Waals surface area contributed by atoms with Gasteiger partial charge in [0.25, 0.3) is 0 Å². The zero-order chi connectivity index (χ0) is 7.40. The molecule has 2 nitrogen and oxygen atoms in total. The minimum atomic E-state index is -0.0437. The monoisotopic (exact) mass is 143 g/mol. The zero-order valence-electron chi connectivity index (χ0n) is 6.64. The van der Waals surface area contributed by atoms with E-state index in [-0.39, 0.29) is 6.10 Å². The average molecular weight is 143 g/mol. The second-order valence-electron chi connectivity index (χ2n) is 3.08. The number of aliphatic hydroxyl groups excluding tert-OH is 1. The van der Waals surface area contributed by atoms with Gasteiger partial charge in [0.15, 0.2) is 0 Å². The molecule has 1 fully saturated rings. The lowest BCUT2D eigenvalue weighted by atomic mass is 9.93. The minimum absolute atomic E-state index is 0.0437. The lowest BCUT2D eigenvalue weighted by Crippen LogP contribution is -2.35. The van der Waals surface area contributed by atoms with Crippen molar-refractivity contribution in [2.45, 2.75) is 44.8 Å². The summed E-state index contributed by atoms with van der Waals surface area (Å²) in [7, 11) is 0. The maximum absolute atomic E-state index is 9.27. The van der Waals surface area contributed by atoms with Crippen LogP contribution in [0.5, 0.6) is 0 Å². The number of nitrogens with one attached hydrogen (secondary N) is 1. The molecule has 0 heterocycles. The second-order valence-corrected chi connectivity index (χ2v) is 3.08. The lowest BCUT2D eigenvalue weighted by molar-refractivity contribution is 0.112. The van der Waals surface area contributed by atoms with E-state index < -0.39 is 0 Å². The molecule has 2 heteroatoms. The molecule has 10 heavy (non-hydrogen) atoms. The van der Waals surface area contributed by atoms with E-state index in [0.29, 0.717) is 6.04 Å². The highest BCUT2D eigenvalue weighted by Crippen LogP contribution is 2.17. The highest BCUT2D eigenvalue weighted by atomic mass is 16.3. The van der Waals surface area contributed by atoms with Crippen molar-refractivity contribution >= 4 is 0 Å². The van der Waals surface area contributed by atoms with Gasteiger partial charge >= 0.3 is 0 Å². The van der Waals surface area contributed by atoms with Gasteiger partial charge in [0, 0.05) is 6.04 Å². The van der Waals surface area contributed by atoms with Gasteiger partial charge in [-0.3, -0.25) is 0 Å². The van der Waals surface area contributed by atoms with Gasteiger partial charge in [0.2, 0.25) is 0 Å². The van der Waals surface area contributed by atoms with Crippen LogP contribution in [0.2, 0.25) is 0 Å². The Hall–Kier alpha value is -0.0800. The van der Waals surface area contributed by atoms with E-state index in [1.165, 1.54) is 12.8 Å². The van der Waals surface area contributed by atoms with E-state index in [4.69, 9.17) is 0 Å². The van der Waals surface area contributed by atoms with Crippen LogP contribution in [0, 0.1) is 0 Å². The number of hydrogen-bond donors (Lipinski definition) is 2. The molecule has 0 amide bonds. The van der Waals surface area contributed by atoms with Crippen molar-refractivity contribution in [1.29, 1.82) is 0 Å². The van der Waals surface area contributed by atoms with Crippen molar-refractivity contribution in [3.63, 3.8) is 0 Å². The first kappa shape index (κ1) is 8.02. The van der Waals surface area contributed by atoms with Gasteiger partial charge in [-0.25, -0.2) is 0 Å². The molecule has 0 spiro atoms. The number of aliphatic hydroxyl groups is 1. The summed E-state index contributed by atoms with van der Waals surface area (Å²) in [5.41, 5.74) is 0. The fourth-order valence-electron chi connectivity index (χ4n) is 1.64. The van der Waals surface area contributed by atoms with Crippen LogP contribution >= 0.6 is 0 Å². The molecule has 0 saturated heterocycles. The molecule has 0 radical (unpaired) electrons. The van der Waals surface area contributed by atoms with E-state index in [1.807, 2.05) is 0 Å². The van der Waals surface area contributed by atoms with Crippen molar-refractivity contribution in [3.05, 3.63) is 0 Å². The van der Waals surface area contributed by atoms with Crippen LogP contribution in [-0.2, 0) is 0 Å². The minimum Gasteiger partial charge on any atom is -0.393 e. The molecule has 0 aromatic rings. The summed E-state index contributed by atoms with van der Waals surface area (Å²) in [6.07, 6.45) is 4.33. The van der Waals surface area contributed by atoms with Gasteiger partial charge in [0.1, 0.15) is 0 Å². The van der Waals surface area contributed by atoms with Crippen LogP contribution in [0.1, 0.15) is 32.6 Å². The van der Waals surface area contributed by atoms with E-state index in [1.54, 1.807) is 0 Å². The van der Waals surface area contributed by atoms with Crippen LogP contribution in [0.15, 0.2) is 0 Å². The second kappa shape index (κ2) is 3.94. The Morgan fingerprint density at radius 3 is 2.90 bits per heavy atom. The molecule has 1 saturated carbocycles. The molecule has 2 atom stereocenters. The van der Waals surface area contributed by atoms with Crippen molar-refractivity contribution in [1.82, 2.24) is 5.32 Å². The van der Waals surface area contributed by atoms with Crippen molar-refractivity contribution in [3.8, 4) is 0 Å². The van der Waals surface area contributed by atoms with Crippen molar-refractivity contribution in [2.75, 3.05) is 6.54 Å². The standard InChI is InChI=1S/C8H17NO/c1-2-9-7-4-3-5-8(10)6-7/h7-10H,2-6H2,1H3/t7-,8+/m1/s1. The lowest BCUT2D eigenvalue weighted by Gasteiger charge is -2.26. The third-order valence-corrected chi connectivity index (χ3v) is 2.14. The van der Waals surface area contributed by atoms with Gasteiger partial charge in [-0.15, -0.1) is 0 Å². The summed E-state index contributed by atoms with van der Waals surface area (Å²) in [5, 5.41) is 12.6. The SMILES string of the molecule is CCN[C@@H]1CCC[C@H](O)C1. The molecule has 1 aliphatic carbocycles. The summed E-state index contributed by atoms with van der Waals surface area (Å²) in [4.78, 5) is 0. The largest absolute Gasteiger partial charge is 0.393 e. The predicted octanol–water partition coefficient (Wildman–Crippen LogP) is 0.899. The Kier molecular flexibility index (Phi) is 3.16. The van der Waals surface area contributed by atoms with Gasteiger partial charge in [-0.05, 0) is 32.2 Å². The molecule has 60 valence electrons. The van der Waals surface area contributed by atoms with Gasteiger partial charge in [0.05, 0.1) is 6.10 Å². The van der Waals surface area contributed by atoms with E-state index in [2.05, 4.69) is 12.2 Å². The van der Waals surface area contributed by atoms with Crippen LogP contribution < -0.4 is 5.32 Å². The van der Waals surface area contributed by atoms with Gasteiger partial charge in [-0.2, -0.15) is 0 Å². The first-order valence-electron chi connectivity index (χ1n) is 4.24. The smallest absolute Gasteiger partial charge is 0.0555 e. The zero-order valence-corrected chi connectivity index (χ0v) is 6.64. The van der Waals surface area contributed by atoms with Crippen LogP contribution in [0.3, 0.4) is 0 Å². The summed E-state index contributed by atoms with van der Waals surface area (Å²) in [5.74, 6) is 0. The topological polar surface area (TPSA) is 32.3 Å². The van der Waals surface area contributed by atoms with Crippen LogP contribution in [0.4, 0.5) is 0 Å². The molecule has 0 aromatic heterocycles. The molecule has 1 rings (SSSR count). The van der Waals surface area contributed by atoms with Gasteiger partial charge < -0.3 is 10.4 Å². The Morgan fingerprint density at radius 2 is 2.30 bits per heavy atom. The molecule has 0 bridgehead atoms.